The van der Waals surface area contributed by atoms with Crippen LogP contribution in [0.2, 0.25) is 0 Å². The number of carbonyl (C=O) groups excluding carboxylic acids is 1. The first-order valence-electron chi connectivity index (χ1n) is 9.76. The van der Waals surface area contributed by atoms with E-state index in [-0.39, 0.29) is 11.6 Å². The molecule has 0 saturated heterocycles. The molecule has 4 rings (SSSR count). The number of hydrogen-bond acceptors (Lipinski definition) is 4. The van der Waals surface area contributed by atoms with Crippen LogP contribution in [0.5, 0.6) is 0 Å². The highest BCUT2D eigenvalue weighted by Crippen LogP contribution is 2.22. The molecule has 0 aliphatic heterocycles. The van der Waals surface area contributed by atoms with Crippen LogP contribution in [0.4, 0.5) is 0 Å². The lowest BCUT2D eigenvalue weighted by molar-refractivity contribution is 0.103. The van der Waals surface area contributed by atoms with Gasteiger partial charge in [-0.1, -0.05) is 60.7 Å². The number of nitrogens with zero attached hydrogens (tertiary/aromatic N) is 3. The van der Waals surface area contributed by atoms with E-state index in [1.807, 2.05) is 53.4 Å². The molecule has 2 N–H and O–H groups in total. The molecule has 0 atom stereocenters. The average Bonchev–Trinajstić information content (AvgIpc) is 3.44. The quantitative estimate of drug-likeness (QED) is 0.264. The molecule has 0 unspecified atom stereocenters. The Morgan fingerprint density at radius 2 is 1.67 bits per heavy atom. The summed E-state index contributed by atoms with van der Waals surface area (Å²) < 4.78 is 2.04. The molecule has 0 aliphatic carbocycles. The molecule has 0 amide bonds. The van der Waals surface area contributed by atoms with Crippen molar-refractivity contribution < 1.29 is 9.90 Å². The van der Waals surface area contributed by atoms with Crippen molar-refractivity contribution in [1.82, 2.24) is 19.7 Å². The topological polar surface area (TPSA) is 83.8 Å². The van der Waals surface area contributed by atoms with Crippen LogP contribution < -0.4 is 0 Å². The Bertz CT molecular complexity index is 1130. The summed E-state index contributed by atoms with van der Waals surface area (Å²) in [4.78, 5) is 16.1. The van der Waals surface area contributed by atoms with Gasteiger partial charge in [0.15, 0.2) is 5.82 Å². The molecular weight excluding hydrogens is 376 g/mol. The maximum absolute atomic E-state index is 12.3. The summed E-state index contributed by atoms with van der Waals surface area (Å²) in [5.74, 6) is -0.405. The van der Waals surface area contributed by atoms with E-state index in [0.717, 1.165) is 24.0 Å². The predicted octanol–water partition coefficient (Wildman–Crippen LogP) is 4.22. The number of aromatic amines is 1. The number of carbonyl (C=O) groups is 1. The SMILES string of the molecule is O=C(C=C(O)c1cn(Cc2ccccc2)cc1CCc1ccccc1)c1ncn[nH]1. The molecule has 0 bridgehead atoms. The van der Waals surface area contributed by atoms with Gasteiger partial charge in [-0.15, -0.1) is 0 Å². The van der Waals surface area contributed by atoms with Crippen molar-refractivity contribution in [3.05, 3.63) is 114 Å². The van der Waals surface area contributed by atoms with Crippen LogP contribution in [0.3, 0.4) is 0 Å². The first-order chi connectivity index (χ1) is 14.7. The number of H-pyrrole nitrogens is 1. The second kappa shape index (κ2) is 9.05. The van der Waals surface area contributed by atoms with Crippen LogP contribution in [0.1, 0.15) is 32.9 Å². The number of aliphatic hydroxyl groups excluding tert-OH is 1. The monoisotopic (exact) mass is 398 g/mol. The van der Waals surface area contributed by atoms with Crippen LogP contribution >= 0.6 is 0 Å². The second-order valence-corrected chi connectivity index (χ2v) is 7.07. The average molecular weight is 398 g/mol. The van der Waals surface area contributed by atoms with Crippen LogP contribution in [0.15, 0.2) is 85.5 Å². The molecule has 2 aromatic heterocycles. The zero-order valence-corrected chi connectivity index (χ0v) is 16.4. The molecule has 2 aromatic carbocycles. The summed E-state index contributed by atoms with van der Waals surface area (Å²) >= 11 is 0. The first kappa shape index (κ1) is 19.4. The van der Waals surface area contributed by atoms with Gasteiger partial charge in [0.1, 0.15) is 12.1 Å². The maximum atomic E-state index is 12.3. The number of benzene rings is 2. The Morgan fingerprint density at radius 3 is 2.33 bits per heavy atom. The van der Waals surface area contributed by atoms with Crippen molar-refractivity contribution >= 4 is 11.5 Å². The Balaban J connectivity index is 1.61. The number of aromatic nitrogens is 4. The fourth-order valence-electron chi connectivity index (χ4n) is 3.39. The van der Waals surface area contributed by atoms with Crippen LogP contribution in [0.25, 0.3) is 5.76 Å². The lowest BCUT2D eigenvalue weighted by Gasteiger charge is -2.04. The van der Waals surface area contributed by atoms with Gasteiger partial charge in [0.05, 0.1) is 0 Å². The fourth-order valence-corrected chi connectivity index (χ4v) is 3.39. The zero-order chi connectivity index (χ0) is 20.8. The van der Waals surface area contributed by atoms with Gasteiger partial charge in [-0.25, -0.2) is 4.98 Å². The number of ketones is 1. The zero-order valence-electron chi connectivity index (χ0n) is 16.4. The van der Waals surface area contributed by atoms with E-state index in [9.17, 15) is 9.90 Å². The summed E-state index contributed by atoms with van der Waals surface area (Å²) in [5, 5.41) is 16.9. The number of allylic oxidation sites excluding steroid dienone is 1. The standard InChI is InChI=1S/C24H22N4O2/c29-22(13-23(30)24-25-17-26-27-24)21-16-28(14-19-9-5-2-6-10-19)15-20(21)12-11-18-7-3-1-4-8-18/h1-10,13,15-17,29H,11-12,14H2,(H,25,26,27). The highest BCUT2D eigenvalue weighted by atomic mass is 16.3. The number of aryl methyl sites for hydroxylation is 2. The molecule has 0 fully saturated rings. The van der Waals surface area contributed by atoms with Gasteiger partial charge in [0.2, 0.25) is 5.78 Å². The summed E-state index contributed by atoms with van der Waals surface area (Å²) in [7, 11) is 0. The molecular formula is C24H22N4O2. The van der Waals surface area contributed by atoms with E-state index in [2.05, 4.69) is 39.4 Å². The van der Waals surface area contributed by atoms with Crippen molar-refractivity contribution in [2.75, 3.05) is 0 Å². The van der Waals surface area contributed by atoms with Crippen LogP contribution in [-0.4, -0.2) is 30.6 Å². The molecule has 0 spiro atoms. The van der Waals surface area contributed by atoms with Gasteiger partial charge in [-0.2, -0.15) is 5.10 Å². The van der Waals surface area contributed by atoms with E-state index in [1.165, 1.54) is 18.0 Å². The number of nitrogens with one attached hydrogen (secondary N) is 1. The van der Waals surface area contributed by atoms with E-state index >= 15 is 0 Å². The highest BCUT2D eigenvalue weighted by Gasteiger charge is 2.14. The Labute approximate surface area is 174 Å². The minimum absolute atomic E-state index is 0.0775. The highest BCUT2D eigenvalue weighted by molar-refractivity contribution is 6.05. The molecule has 0 radical (unpaired) electrons. The minimum Gasteiger partial charge on any atom is -0.507 e. The third-order valence-electron chi connectivity index (χ3n) is 4.89. The number of hydrogen-bond donors (Lipinski definition) is 2. The summed E-state index contributed by atoms with van der Waals surface area (Å²) in [5.41, 5.74) is 4.01. The lowest BCUT2D eigenvalue weighted by Crippen LogP contribution is -2.00. The molecule has 0 aliphatic rings. The van der Waals surface area contributed by atoms with Gasteiger partial charge in [-0.3, -0.25) is 9.89 Å². The van der Waals surface area contributed by atoms with Crippen molar-refractivity contribution in [1.29, 1.82) is 0 Å². The summed E-state index contributed by atoms with van der Waals surface area (Å²) in [6.07, 6.45) is 7.96. The van der Waals surface area contributed by atoms with E-state index in [4.69, 9.17) is 0 Å². The molecule has 4 aromatic rings. The molecule has 2 heterocycles. The minimum atomic E-state index is -0.421. The largest absolute Gasteiger partial charge is 0.507 e. The van der Waals surface area contributed by atoms with Crippen LogP contribution in [-0.2, 0) is 19.4 Å². The van der Waals surface area contributed by atoms with Gasteiger partial charge < -0.3 is 9.67 Å². The Morgan fingerprint density at radius 1 is 0.967 bits per heavy atom. The van der Waals surface area contributed by atoms with Gasteiger partial charge in [0.25, 0.3) is 0 Å². The van der Waals surface area contributed by atoms with E-state index in [1.54, 1.807) is 0 Å². The molecule has 150 valence electrons. The maximum Gasteiger partial charge on any atom is 0.226 e. The molecule has 6 heteroatoms. The third-order valence-corrected chi connectivity index (χ3v) is 4.89. The number of rotatable bonds is 8. The lowest BCUT2D eigenvalue weighted by atomic mass is 10.0. The molecule has 30 heavy (non-hydrogen) atoms. The van der Waals surface area contributed by atoms with Crippen molar-refractivity contribution in [3.8, 4) is 0 Å². The van der Waals surface area contributed by atoms with Crippen LogP contribution in [0, 0.1) is 0 Å². The van der Waals surface area contributed by atoms with Gasteiger partial charge >= 0.3 is 0 Å². The molecule has 6 nitrogen and oxygen atoms in total. The second-order valence-electron chi connectivity index (χ2n) is 7.07. The van der Waals surface area contributed by atoms with E-state index in [0.29, 0.717) is 12.1 Å². The third kappa shape index (κ3) is 4.72. The first-order valence-corrected chi connectivity index (χ1v) is 9.76. The fraction of sp³-hybridized carbons (Fsp3) is 0.125. The molecule has 0 saturated carbocycles. The normalized spacial score (nSPS) is 11.5. The smallest absolute Gasteiger partial charge is 0.226 e. The van der Waals surface area contributed by atoms with Crippen molar-refractivity contribution in [2.45, 2.75) is 19.4 Å². The van der Waals surface area contributed by atoms with Crippen molar-refractivity contribution in [2.24, 2.45) is 0 Å². The van der Waals surface area contributed by atoms with Crippen molar-refractivity contribution in [3.63, 3.8) is 0 Å². The van der Waals surface area contributed by atoms with Gasteiger partial charge in [0, 0.05) is 30.6 Å². The van der Waals surface area contributed by atoms with Gasteiger partial charge in [-0.05, 0) is 29.5 Å². The summed E-state index contributed by atoms with van der Waals surface area (Å²) in [6, 6.07) is 20.3. The Kier molecular flexibility index (Phi) is 5.85. The Hall–Kier alpha value is -3.93. The summed E-state index contributed by atoms with van der Waals surface area (Å²) in [6.45, 7) is 0.683. The predicted molar refractivity (Wildman–Crippen MR) is 115 cm³/mol. The van der Waals surface area contributed by atoms with E-state index < -0.39 is 5.78 Å². The number of aliphatic hydroxyl groups is 1.